The summed E-state index contributed by atoms with van der Waals surface area (Å²) >= 11 is 0. The zero-order valence-electron chi connectivity index (χ0n) is 25.3. The summed E-state index contributed by atoms with van der Waals surface area (Å²) < 4.78 is 0. The number of ketones is 2. The Bertz CT molecular complexity index is 1890. The Morgan fingerprint density at radius 1 is 0.643 bits per heavy atom. The first-order chi connectivity index (χ1) is 20.0. The van der Waals surface area contributed by atoms with Crippen LogP contribution in [0.5, 0.6) is 0 Å². The second-order valence-corrected chi connectivity index (χ2v) is 13.4. The molecular formula is C40H36O2. The van der Waals surface area contributed by atoms with Crippen molar-refractivity contribution < 1.29 is 9.59 Å². The average molecular weight is 549 g/mol. The molecule has 2 heteroatoms. The number of rotatable bonds is 4. The number of Topliss-reactive ketones (excluding diaryl/α,β-unsaturated/α-hetero) is 1. The summed E-state index contributed by atoms with van der Waals surface area (Å²) in [5.74, 6) is 0.139. The van der Waals surface area contributed by atoms with Crippen LogP contribution >= 0.6 is 0 Å². The summed E-state index contributed by atoms with van der Waals surface area (Å²) in [4.78, 5) is 27.0. The van der Waals surface area contributed by atoms with Crippen molar-refractivity contribution in [1.29, 1.82) is 0 Å². The quantitative estimate of drug-likeness (QED) is 0.238. The van der Waals surface area contributed by atoms with E-state index in [-0.39, 0.29) is 28.3 Å². The Morgan fingerprint density at radius 2 is 1.14 bits per heavy atom. The van der Waals surface area contributed by atoms with Crippen LogP contribution in [0.2, 0.25) is 0 Å². The summed E-state index contributed by atoms with van der Waals surface area (Å²) in [7, 11) is 0. The highest BCUT2D eigenvalue weighted by Gasteiger charge is 2.46. The number of hydrogen-bond acceptors (Lipinski definition) is 2. The fourth-order valence-electron chi connectivity index (χ4n) is 7.51. The van der Waals surface area contributed by atoms with Crippen LogP contribution in [-0.4, -0.2) is 11.6 Å². The molecule has 0 saturated heterocycles. The van der Waals surface area contributed by atoms with E-state index in [0.717, 1.165) is 23.1 Å². The third-order valence-corrected chi connectivity index (χ3v) is 9.90. The molecule has 42 heavy (non-hydrogen) atoms. The Hall–Kier alpha value is -4.30. The molecule has 4 aromatic carbocycles. The average Bonchev–Trinajstić information content (AvgIpc) is 3.36. The Labute approximate surface area is 248 Å². The molecule has 0 fully saturated rings. The Kier molecular flexibility index (Phi) is 5.76. The van der Waals surface area contributed by atoms with Crippen molar-refractivity contribution in [2.45, 2.75) is 58.8 Å². The summed E-state index contributed by atoms with van der Waals surface area (Å²) in [6, 6.07) is 24.9. The minimum atomic E-state index is -0.283. The highest BCUT2D eigenvalue weighted by Crippen LogP contribution is 2.59. The number of hydrogen-bond donors (Lipinski definition) is 0. The fraction of sp³-hybridized carbons (Fsp3) is 0.250. The Balaban J connectivity index is 1.30. The normalized spacial score (nSPS) is 18.5. The molecule has 1 atom stereocenters. The van der Waals surface area contributed by atoms with Crippen molar-refractivity contribution in [1.82, 2.24) is 0 Å². The van der Waals surface area contributed by atoms with Crippen LogP contribution in [0.3, 0.4) is 0 Å². The molecule has 0 radical (unpaired) electrons. The number of benzene rings is 4. The first-order valence-electron chi connectivity index (χ1n) is 15.0. The predicted octanol–water partition coefficient (Wildman–Crippen LogP) is 9.54. The van der Waals surface area contributed by atoms with E-state index in [9.17, 15) is 9.59 Å². The summed E-state index contributed by atoms with van der Waals surface area (Å²) in [5, 5.41) is 0. The molecular weight excluding hydrogens is 512 g/mol. The van der Waals surface area contributed by atoms with Crippen LogP contribution < -0.4 is 0 Å². The molecule has 0 aromatic heterocycles. The molecule has 0 amide bonds. The number of carbonyl (C=O) groups excluding carboxylic acids is 2. The van der Waals surface area contributed by atoms with Crippen molar-refractivity contribution >= 4 is 11.6 Å². The van der Waals surface area contributed by atoms with Gasteiger partial charge in [0.05, 0.1) is 0 Å². The molecule has 3 aliphatic rings. The zero-order chi connectivity index (χ0) is 29.6. The van der Waals surface area contributed by atoms with Crippen LogP contribution in [-0.2, 0) is 10.8 Å². The molecule has 2 nitrogen and oxygen atoms in total. The lowest BCUT2D eigenvalue weighted by molar-refractivity contribution is 0.0944. The van der Waals surface area contributed by atoms with Gasteiger partial charge in [0.2, 0.25) is 0 Å². The van der Waals surface area contributed by atoms with Crippen molar-refractivity contribution in [3.05, 3.63) is 141 Å². The van der Waals surface area contributed by atoms with Gasteiger partial charge in [-0.25, -0.2) is 0 Å². The molecule has 0 spiro atoms. The zero-order valence-corrected chi connectivity index (χ0v) is 25.3. The van der Waals surface area contributed by atoms with Crippen molar-refractivity contribution in [2.75, 3.05) is 0 Å². The van der Waals surface area contributed by atoms with Crippen molar-refractivity contribution in [3.63, 3.8) is 0 Å². The molecule has 4 aromatic rings. The van der Waals surface area contributed by atoms with E-state index in [0.29, 0.717) is 5.56 Å². The number of aryl methyl sites for hydroxylation is 1. The van der Waals surface area contributed by atoms with Crippen LogP contribution in [0.1, 0.15) is 95.1 Å². The van der Waals surface area contributed by atoms with Gasteiger partial charge in [-0.1, -0.05) is 118 Å². The van der Waals surface area contributed by atoms with Gasteiger partial charge in [0.15, 0.2) is 11.6 Å². The second kappa shape index (κ2) is 9.10. The van der Waals surface area contributed by atoms with Crippen molar-refractivity contribution in [3.8, 4) is 22.3 Å². The van der Waals surface area contributed by atoms with E-state index in [1.165, 1.54) is 50.1 Å². The smallest absolute Gasteiger partial charge is 0.193 e. The second-order valence-electron chi connectivity index (χ2n) is 13.4. The standard InChI is InChI=1S/C40H36O2/c1-23-7-11-25(12-8-23)37(41)27-15-17-29-31-19-20-32-30-18-16-28(38(42)26-13-9-24(2)10-14-26)22-34(30)40(5,6)36(32)35(31)39(3,4)33(29)21-27/h7-13,15-22,26H,14H2,1-6H3. The van der Waals surface area contributed by atoms with Crippen LogP contribution in [0.15, 0.2) is 96.6 Å². The lowest BCUT2D eigenvalue weighted by Crippen LogP contribution is -2.24. The third-order valence-electron chi connectivity index (χ3n) is 9.90. The highest BCUT2D eigenvalue weighted by atomic mass is 16.1. The maximum absolute atomic E-state index is 13.5. The number of fused-ring (bicyclic) bond motifs is 7. The first kappa shape index (κ1) is 26.6. The van der Waals surface area contributed by atoms with Gasteiger partial charge >= 0.3 is 0 Å². The molecule has 0 aliphatic heterocycles. The van der Waals surface area contributed by atoms with Gasteiger partial charge in [0.25, 0.3) is 0 Å². The van der Waals surface area contributed by atoms with Crippen LogP contribution in [0.4, 0.5) is 0 Å². The van der Waals surface area contributed by atoms with Gasteiger partial charge in [-0.15, -0.1) is 0 Å². The van der Waals surface area contributed by atoms with E-state index < -0.39 is 0 Å². The summed E-state index contributed by atoms with van der Waals surface area (Å²) in [6.45, 7) is 13.3. The topological polar surface area (TPSA) is 34.1 Å². The molecule has 0 bridgehead atoms. The number of allylic oxidation sites excluding steroid dienone is 4. The van der Waals surface area contributed by atoms with Gasteiger partial charge in [0, 0.05) is 33.4 Å². The van der Waals surface area contributed by atoms with Gasteiger partial charge in [-0.05, 0) is 76.9 Å². The highest BCUT2D eigenvalue weighted by molar-refractivity contribution is 6.10. The van der Waals surface area contributed by atoms with E-state index in [1.807, 2.05) is 43.3 Å². The van der Waals surface area contributed by atoms with Gasteiger partial charge in [0.1, 0.15) is 0 Å². The number of carbonyl (C=O) groups is 2. The van der Waals surface area contributed by atoms with E-state index in [1.54, 1.807) is 0 Å². The van der Waals surface area contributed by atoms with E-state index >= 15 is 0 Å². The lowest BCUT2D eigenvalue weighted by Gasteiger charge is -2.31. The molecule has 0 N–H and O–H groups in total. The molecule has 1 unspecified atom stereocenters. The maximum Gasteiger partial charge on any atom is 0.193 e. The van der Waals surface area contributed by atoms with E-state index in [2.05, 4.69) is 89.2 Å². The fourth-order valence-corrected chi connectivity index (χ4v) is 7.51. The van der Waals surface area contributed by atoms with Gasteiger partial charge in [-0.2, -0.15) is 0 Å². The molecule has 208 valence electrons. The van der Waals surface area contributed by atoms with Crippen molar-refractivity contribution in [2.24, 2.45) is 5.92 Å². The molecule has 0 saturated carbocycles. The van der Waals surface area contributed by atoms with E-state index in [4.69, 9.17) is 0 Å². The largest absolute Gasteiger partial charge is 0.294 e. The third kappa shape index (κ3) is 3.78. The molecule has 0 heterocycles. The summed E-state index contributed by atoms with van der Waals surface area (Å²) in [6.07, 6.45) is 7.02. The SMILES string of the molecule is CC1=CCC(C(=O)c2ccc3c(c2)C(C)(C)c2c-3ccc3c2C(C)(C)c2cc(C(=O)c4ccc(C)cc4)ccc2-3)C=C1. The predicted molar refractivity (Wildman–Crippen MR) is 172 cm³/mol. The van der Waals surface area contributed by atoms with Crippen LogP contribution in [0, 0.1) is 12.8 Å². The summed E-state index contributed by atoms with van der Waals surface area (Å²) in [5.41, 5.74) is 14.0. The minimum absolute atomic E-state index is 0.0539. The van der Waals surface area contributed by atoms with Crippen LogP contribution in [0.25, 0.3) is 22.3 Å². The molecule has 3 aliphatic carbocycles. The Morgan fingerprint density at radius 3 is 1.69 bits per heavy atom. The van der Waals surface area contributed by atoms with Gasteiger partial charge in [-0.3, -0.25) is 9.59 Å². The first-order valence-corrected chi connectivity index (χ1v) is 15.0. The molecule has 7 rings (SSSR count). The van der Waals surface area contributed by atoms with Gasteiger partial charge < -0.3 is 0 Å². The minimum Gasteiger partial charge on any atom is -0.294 e. The maximum atomic E-state index is 13.5. The lowest BCUT2D eigenvalue weighted by atomic mass is 9.72. The monoisotopic (exact) mass is 548 g/mol.